The van der Waals surface area contributed by atoms with Gasteiger partial charge in [-0.3, -0.25) is 14.9 Å². The van der Waals surface area contributed by atoms with E-state index in [-0.39, 0.29) is 22.4 Å². The Morgan fingerprint density at radius 1 is 1.00 bits per heavy atom. The molecule has 154 valence electrons. The molecule has 0 aliphatic heterocycles. The van der Waals surface area contributed by atoms with E-state index in [0.717, 1.165) is 11.1 Å². The van der Waals surface area contributed by atoms with Crippen LogP contribution in [0.5, 0.6) is 5.75 Å². The van der Waals surface area contributed by atoms with E-state index in [0.29, 0.717) is 13.1 Å². The van der Waals surface area contributed by atoms with Gasteiger partial charge in [-0.1, -0.05) is 72.3 Å². The Bertz CT molecular complexity index is 971. The van der Waals surface area contributed by atoms with Gasteiger partial charge in [-0.15, -0.1) is 0 Å². The van der Waals surface area contributed by atoms with E-state index in [9.17, 15) is 14.9 Å². The smallest absolute Gasteiger partial charge is 0.271 e. The fourth-order valence-electron chi connectivity index (χ4n) is 3.02. The molecule has 3 aromatic rings. The van der Waals surface area contributed by atoms with E-state index >= 15 is 0 Å². The van der Waals surface area contributed by atoms with Crippen LogP contribution in [0.3, 0.4) is 0 Å². The minimum Gasteiger partial charge on any atom is -0.479 e. The first-order chi connectivity index (χ1) is 14.4. The number of hydrogen-bond donors (Lipinski definition) is 0. The van der Waals surface area contributed by atoms with Gasteiger partial charge in [0.2, 0.25) is 0 Å². The van der Waals surface area contributed by atoms with Gasteiger partial charge in [0.1, 0.15) is 5.75 Å². The molecule has 0 radical (unpaired) electrons. The topological polar surface area (TPSA) is 72.7 Å². The molecular formula is C23H21ClN2O4. The van der Waals surface area contributed by atoms with Crippen molar-refractivity contribution in [2.24, 2.45) is 0 Å². The summed E-state index contributed by atoms with van der Waals surface area (Å²) in [6.07, 6.45) is -0.823. The van der Waals surface area contributed by atoms with Gasteiger partial charge in [-0.2, -0.15) is 0 Å². The predicted molar refractivity (Wildman–Crippen MR) is 115 cm³/mol. The second-order valence-electron chi connectivity index (χ2n) is 6.80. The van der Waals surface area contributed by atoms with Crippen LogP contribution in [0.25, 0.3) is 0 Å². The third kappa shape index (κ3) is 5.58. The molecule has 0 saturated carbocycles. The maximum Gasteiger partial charge on any atom is 0.271 e. The van der Waals surface area contributed by atoms with Crippen LogP contribution >= 0.6 is 11.6 Å². The van der Waals surface area contributed by atoms with Crippen molar-refractivity contribution in [3.8, 4) is 5.75 Å². The molecule has 0 bridgehead atoms. The van der Waals surface area contributed by atoms with Gasteiger partial charge in [0.15, 0.2) is 6.10 Å². The van der Waals surface area contributed by atoms with E-state index in [1.165, 1.54) is 18.2 Å². The Kier molecular flexibility index (Phi) is 7.03. The molecular weight excluding hydrogens is 404 g/mol. The molecule has 3 rings (SSSR count). The highest BCUT2D eigenvalue weighted by atomic mass is 35.5. The molecule has 0 spiro atoms. The molecule has 0 aliphatic carbocycles. The van der Waals surface area contributed by atoms with Gasteiger partial charge in [0.25, 0.3) is 11.6 Å². The summed E-state index contributed by atoms with van der Waals surface area (Å²) in [7, 11) is 0. The SMILES string of the molecule is CC(Oc1ccc([N+](=O)[O-])cc1Cl)C(=O)N(Cc1ccccc1)Cc1ccccc1. The molecule has 30 heavy (non-hydrogen) atoms. The van der Waals surface area contributed by atoms with Crippen molar-refractivity contribution in [2.45, 2.75) is 26.1 Å². The van der Waals surface area contributed by atoms with Crippen LogP contribution in [0, 0.1) is 10.1 Å². The first-order valence-electron chi connectivity index (χ1n) is 9.41. The Morgan fingerprint density at radius 3 is 2.00 bits per heavy atom. The van der Waals surface area contributed by atoms with E-state index in [1.54, 1.807) is 11.8 Å². The van der Waals surface area contributed by atoms with Crippen molar-refractivity contribution < 1.29 is 14.5 Å². The molecule has 0 aliphatic rings. The summed E-state index contributed by atoms with van der Waals surface area (Å²) in [5.74, 6) is 0.0135. The van der Waals surface area contributed by atoms with Crippen LogP contribution in [0.1, 0.15) is 18.1 Å². The van der Waals surface area contributed by atoms with E-state index in [4.69, 9.17) is 16.3 Å². The van der Waals surface area contributed by atoms with Crippen LogP contribution < -0.4 is 4.74 Å². The van der Waals surface area contributed by atoms with Crippen LogP contribution in [-0.2, 0) is 17.9 Å². The van der Waals surface area contributed by atoms with Gasteiger partial charge < -0.3 is 9.64 Å². The van der Waals surface area contributed by atoms with Gasteiger partial charge in [0, 0.05) is 25.2 Å². The lowest BCUT2D eigenvalue weighted by Crippen LogP contribution is -2.39. The van der Waals surface area contributed by atoms with Crippen molar-refractivity contribution in [3.63, 3.8) is 0 Å². The lowest BCUT2D eigenvalue weighted by Gasteiger charge is -2.26. The summed E-state index contributed by atoms with van der Waals surface area (Å²) >= 11 is 6.11. The predicted octanol–water partition coefficient (Wildman–Crippen LogP) is 5.24. The quantitative estimate of drug-likeness (QED) is 0.366. The lowest BCUT2D eigenvalue weighted by molar-refractivity contribution is -0.384. The minimum atomic E-state index is -0.823. The van der Waals surface area contributed by atoms with E-state index in [2.05, 4.69) is 0 Å². The van der Waals surface area contributed by atoms with Crippen molar-refractivity contribution in [1.29, 1.82) is 0 Å². The van der Waals surface area contributed by atoms with Crippen molar-refractivity contribution in [3.05, 3.63) is 105 Å². The molecule has 3 aromatic carbocycles. The highest BCUT2D eigenvalue weighted by Gasteiger charge is 2.24. The number of hydrogen-bond acceptors (Lipinski definition) is 4. The Balaban J connectivity index is 1.78. The number of amides is 1. The molecule has 0 heterocycles. The summed E-state index contributed by atoms with van der Waals surface area (Å²) in [5.41, 5.74) is 1.87. The van der Waals surface area contributed by atoms with Gasteiger partial charge in [0.05, 0.1) is 9.95 Å². The Morgan fingerprint density at radius 2 is 1.53 bits per heavy atom. The van der Waals surface area contributed by atoms with Crippen molar-refractivity contribution in [2.75, 3.05) is 0 Å². The molecule has 7 heteroatoms. The number of carbonyl (C=O) groups is 1. The lowest BCUT2D eigenvalue weighted by atomic mass is 10.1. The molecule has 0 aromatic heterocycles. The number of non-ortho nitro benzene ring substituents is 1. The number of halogens is 1. The monoisotopic (exact) mass is 424 g/mol. The zero-order valence-electron chi connectivity index (χ0n) is 16.4. The molecule has 0 fully saturated rings. The Hall–Kier alpha value is -3.38. The van der Waals surface area contributed by atoms with E-state index < -0.39 is 11.0 Å². The maximum absolute atomic E-state index is 13.2. The van der Waals surface area contributed by atoms with Crippen LogP contribution in [0.15, 0.2) is 78.9 Å². The first-order valence-corrected chi connectivity index (χ1v) is 9.79. The molecule has 0 saturated heterocycles. The molecule has 1 atom stereocenters. The van der Waals surface area contributed by atoms with Gasteiger partial charge >= 0.3 is 0 Å². The number of nitrogens with zero attached hydrogens (tertiary/aromatic N) is 2. The third-order valence-corrected chi connectivity index (χ3v) is 4.82. The summed E-state index contributed by atoms with van der Waals surface area (Å²) < 4.78 is 5.75. The zero-order chi connectivity index (χ0) is 21.5. The van der Waals surface area contributed by atoms with Gasteiger partial charge in [-0.05, 0) is 24.1 Å². The number of nitro benzene ring substituents is 1. The fourth-order valence-corrected chi connectivity index (χ4v) is 3.24. The van der Waals surface area contributed by atoms with Crippen LogP contribution in [-0.4, -0.2) is 21.8 Å². The second kappa shape index (κ2) is 9.89. The summed E-state index contributed by atoms with van der Waals surface area (Å²) in [4.78, 5) is 25.2. The highest BCUT2D eigenvalue weighted by molar-refractivity contribution is 6.32. The molecule has 0 N–H and O–H groups in total. The normalized spacial score (nSPS) is 11.5. The summed E-state index contributed by atoms with van der Waals surface area (Å²) in [6.45, 7) is 2.50. The molecule has 6 nitrogen and oxygen atoms in total. The average Bonchev–Trinajstić information content (AvgIpc) is 2.75. The number of carbonyl (C=O) groups excluding carboxylic acids is 1. The number of nitro groups is 1. The van der Waals surface area contributed by atoms with Gasteiger partial charge in [-0.25, -0.2) is 0 Å². The van der Waals surface area contributed by atoms with Crippen molar-refractivity contribution >= 4 is 23.2 Å². The number of ether oxygens (including phenoxy) is 1. The Labute approximate surface area is 179 Å². The zero-order valence-corrected chi connectivity index (χ0v) is 17.2. The molecule has 1 unspecified atom stereocenters. The standard InChI is InChI=1S/C23H21ClN2O4/c1-17(30-22-13-12-20(26(28)29)14-21(22)24)23(27)25(15-18-8-4-2-5-9-18)16-19-10-6-3-7-11-19/h2-14,17H,15-16H2,1H3. The van der Waals surface area contributed by atoms with Crippen LogP contribution in [0.2, 0.25) is 5.02 Å². The maximum atomic E-state index is 13.2. The van der Waals surface area contributed by atoms with Crippen LogP contribution in [0.4, 0.5) is 5.69 Å². The number of rotatable bonds is 8. The molecule has 1 amide bonds. The van der Waals surface area contributed by atoms with E-state index in [1.807, 2.05) is 60.7 Å². The first kappa shape index (κ1) is 21.3. The summed E-state index contributed by atoms with van der Waals surface area (Å²) in [6, 6.07) is 23.3. The summed E-state index contributed by atoms with van der Waals surface area (Å²) in [5, 5.41) is 11.0. The third-order valence-electron chi connectivity index (χ3n) is 4.52. The number of benzene rings is 3. The fraction of sp³-hybridized carbons (Fsp3) is 0.174. The minimum absolute atomic E-state index is 0.0847. The second-order valence-corrected chi connectivity index (χ2v) is 7.20. The average molecular weight is 425 g/mol. The van der Waals surface area contributed by atoms with Crippen molar-refractivity contribution in [1.82, 2.24) is 4.90 Å². The highest BCUT2D eigenvalue weighted by Crippen LogP contribution is 2.29. The largest absolute Gasteiger partial charge is 0.479 e.